The van der Waals surface area contributed by atoms with Crippen molar-refractivity contribution in [1.82, 2.24) is 0 Å². The van der Waals surface area contributed by atoms with E-state index in [1.165, 1.54) is 0 Å². The summed E-state index contributed by atoms with van der Waals surface area (Å²) in [7, 11) is 0. The number of aliphatic hydroxyl groups is 1. The molecule has 88 valence electrons. The van der Waals surface area contributed by atoms with E-state index in [4.69, 9.17) is 9.84 Å². The Kier molecular flexibility index (Phi) is 4.54. The third kappa shape index (κ3) is 3.47. The predicted octanol–water partition coefficient (Wildman–Crippen LogP) is 1.42. The van der Waals surface area contributed by atoms with Crippen molar-refractivity contribution in [2.45, 2.75) is 57.8 Å². The number of rotatable bonds is 5. The molecule has 1 aliphatic heterocycles. The summed E-state index contributed by atoms with van der Waals surface area (Å²) in [6, 6.07) is 0. The Hall–Kier alpha value is -0.610. The van der Waals surface area contributed by atoms with Crippen LogP contribution in [0.2, 0.25) is 0 Å². The van der Waals surface area contributed by atoms with Crippen LogP contribution in [0.3, 0.4) is 0 Å². The number of aliphatic carboxylic acids is 1. The predicted molar refractivity (Wildman–Crippen MR) is 55.6 cm³/mol. The number of ether oxygens (including phenoxy) is 1. The van der Waals surface area contributed by atoms with Crippen molar-refractivity contribution in [3.63, 3.8) is 0 Å². The Morgan fingerprint density at radius 3 is 2.73 bits per heavy atom. The molecule has 1 fully saturated rings. The second-order valence-corrected chi connectivity index (χ2v) is 4.30. The van der Waals surface area contributed by atoms with Crippen molar-refractivity contribution in [2.24, 2.45) is 5.92 Å². The Labute approximate surface area is 90.2 Å². The lowest BCUT2D eigenvalue weighted by atomic mass is 10.0. The topological polar surface area (TPSA) is 66.8 Å². The zero-order chi connectivity index (χ0) is 11.4. The summed E-state index contributed by atoms with van der Waals surface area (Å²) in [5.74, 6) is -1.26. The van der Waals surface area contributed by atoms with E-state index in [0.717, 1.165) is 19.3 Å². The summed E-state index contributed by atoms with van der Waals surface area (Å²) in [4.78, 5) is 10.7. The Morgan fingerprint density at radius 1 is 1.53 bits per heavy atom. The number of carboxylic acid groups (broad SMARTS) is 1. The lowest BCUT2D eigenvalue weighted by molar-refractivity contribution is -0.146. The maximum atomic E-state index is 10.7. The van der Waals surface area contributed by atoms with E-state index in [-0.39, 0.29) is 18.3 Å². The molecule has 0 aromatic carbocycles. The molecule has 4 heteroatoms. The number of carboxylic acids is 1. The fourth-order valence-corrected chi connectivity index (χ4v) is 1.90. The van der Waals surface area contributed by atoms with Gasteiger partial charge in [0.1, 0.15) is 0 Å². The zero-order valence-electron chi connectivity index (χ0n) is 9.35. The summed E-state index contributed by atoms with van der Waals surface area (Å²) in [6.07, 6.45) is 2.52. The quantitative estimate of drug-likeness (QED) is 0.729. The summed E-state index contributed by atoms with van der Waals surface area (Å²) in [5, 5.41) is 18.3. The van der Waals surface area contributed by atoms with Crippen LogP contribution in [0.25, 0.3) is 0 Å². The third-order valence-electron chi connectivity index (χ3n) is 3.09. The molecule has 0 radical (unpaired) electrons. The van der Waals surface area contributed by atoms with Crippen LogP contribution in [0, 0.1) is 5.92 Å². The van der Waals surface area contributed by atoms with E-state index in [1.807, 2.05) is 6.92 Å². The van der Waals surface area contributed by atoms with E-state index >= 15 is 0 Å². The second kappa shape index (κ2) is 5.47. The number of hydrogen-bond donors (Lipinski definition) is 2. The van der Waals surface area contributed by atoms with Gasteiger partial charge in [-0.15, -0.1) is 0 Å². The van der Waals surface area contributed by atoms with Gasteiger partial charge in [0, 0.05) is 0 Å². The fraction of sp³-hybridized carbons (Fsp3) is 0.909. The summed E-state index contributed by atoms with van der Waals surface area (Å²) >= 11 is 0. The van der Waals surface area contributed by atoms with Crippen LogP contribution in [0.5, 0.6) is 0 Å². The molecule has 1 heterocycles. The summed E-state index contributed by atoms with van der Waals surface area (Å²) in [5.41, 5.74) is 0. The number of hydrogen-bond acceptors (Lipinski definition) is 3. The SMILES string of the molecule is CC[C@@H](O)C[C@H]1CC[C@@H](C(C)C(=O)O)O1. The molecule has 0 amide bonds. The summed E-state index contributed by atoms with van der Waals surface area (Å²) < 4.78 is 5.62. The smallest absolute Gasteiger partial charge is 0.308 e. The van der Waals surface area contributed by atoms with E-state index in [0.29, 0.717) is 6.42 Å². The molecule has 1 aliphatic rings. The molecule has 0 bridgehead atoms. The van der Waals surface area contributed by atoms with Gasteiger partial charge in [0.2, 0.25) is 0 Å². The maximum Gasteiger partial charge on any atom is 0.308 e. The van der Waals surface area contributed by atoms with Crippen molar-refractivity contribution in [2.75, 3.05) is 0 Å². The van der Waals surface area contributed by atoms with E-state index in [9.17, 15) is 9.90 Å². The minimum atomic E-state index is -0.809. The molecule has 0 aliphatic carbocycles. The van der Waals surface area contributed by atoms with E-state index in [2.05, 4.69) is 0 Å². The monoisotopic (exact) mass is 216 g/mol. The molecule has 0 saturated carbocycles. The lowest BCUT2D eigenvalue weighted by Gasteiger charge is -2.18. The molecule has 15 heavy (non-hydrogen) atoms. The molecule has 0 aromatic heterocycles. The minimum Gasteiger partial charge on any atom is -0.481 e. The highest BCUT2D eigenvalue weighted by molar-refractivity contribution is 5.70. The van der Waals surface area contributed by atoms with Crippen LogP contribution in [-0.2, 0) is 9.53 Å². The van der Waals surface area contributed by atoms with Gasteiger partial charge < -0.3 is 14.9 Å². The Morgan fingerprint density at radius 2 is 2.20 bits per heavy atom. The largest absolute Gasteiger partial charge is 0.481 e. The molecule has 4 atom stereocenters. The van der Waals surface area contributed by atoms with Crippen molar-refractivity contribution in [3.05, 3.63) is 0 Å². The first-order chi connectivity index (χ1) is 7.04. The first-order valence-electron chi connectivity index (χ1n) is 5.61. The van der Waals surface area contributed by atoms with Crippen LogP contribution in [-0.4, -0.2) is 34.5 Å². The molecule has 1 rings (SSSR count). The van der Waals surface area contributed by atoms with Gasteiger partial charge in [0.15, 0.2) is 0 Å². The first kappa shape index (κ1) is 12.5. The maximum absolute atomic E-state index is 10.7. The van der Waals surface area contributed by atoms with E-state index in [1.54, 1.807) is 6.92 Å². The average Bonchev–Trinajstić information content (AvgIpc) is 2.64. The molecule has 0 spiro atoms. The highest BCUT2D eigenvalue weighted by atomic mass is 16.5. The second-order valence-electron chi connectivity index (χ2n) is 4.30. The normalized spacial score (nSPS) is 30.1. The standard InChI is InChI=1S/C11H20O4/c1-3-8(12)6-9-4-5-10(15-9)7(2)11(13)14/h7-10,12H,3-6H2,1-2H3,(H,13,14)/t7?,8-,9-,10+/m1/s1. The molecule has 2 N–H and O–H groups in total. The van der Waals surface area contributed by atoms with Crippen molar-refractivity contribution >= 4 is 5.97 Å². The molecule has 1 saturated heterocycles. The van der Waals surface area contributed by atoms with Gasteiger partial charge in [-0.3, -0.25) is 4.79 Å². The van der Waals surface area contributed by atoms with Crippen LogP contribution in [0.15, 0.2) is 0 Å². The van der Waals surface area contributed by atoms with E-state index < -0.39 is 11.9 Å². The Bertz CT molecular complexity index is 217. The van der Waals surface area contributed by atoms with Gasteiger partial charge in [0.25, 0.3) is 0 Å². The fourth-order valence-electron chi connectivity index (χ4n) is 1.90. The molecular formula is C11H20O4. The van der Waals surface area contributed by atoms with Crippen molar-refractivity contribution in [3.8, 4) is 0 Å². The molecule has 4 nitrogen and oxygen atoms in total. The summed E-state index contributed by atoms with van der Waals surface area (Å²) in [6.45, 7) is 3.60. The molecule has 0 aromatic rings. The Balaban J connectivity index is 2.35. The highest BCUT2D eigenvalue weighted by Gasteiger charge is 2.33. The molecule has 1 unspecified atom stereocenters. The number of aliphatic hydroxyl groups excluding tert-OH is 1. The van der Waals surface area contributed by atoms with Crippen molar-refractivity contribution in [1.29, 1.82) is 0 Å². The van der Waals surface area contributed by atoms with Gasteiger partial charge >= 0.3 is 5.97 Å². The highest BCUT2D eigenvalue weighted by Crippen LogP contribution is 2.28. The van der Waals surface area contributed by atoms with Crippen LogP contribution >= 0.6 is 0 Å². The van der Waals surface area contributed by atoms with Gasteiger partial charge in [0.05, 0.1) is 24.2 Å². The zero-order valence-corrected chi connectivity index (χ0v) is 9.35. The minimum absolute atomic E-state index is 0.0340. The third-order valence-corrected chi connectivity index (χ3v) is 3.09. The van der Waals surface area contributed by atoms with Crippen LogP contribution in [0.1, 0.15) is 39.5 Å². The molecular weight excluding hydrogens is 196 g/mol. The van der Waals surface area contributed by atoms with Crippen LogP contribution in [0.4, 0.5) is 0 Å². The van der Waals surface area contributed by atoms with Gasteiger partial charge in [-0.25, -0.2) is 0 Å². The van der Waals surface area contributed by atoms with Crippen LogP contribution < -0.4 is 0 Å². The lowest BCUT2D eigenvalue weighted by Crippen LogP contribution is -2.26. The van der Waals surface area contributed by atoms with Gasteiger partial charge in [-0.1, -0.05) is 6.92 Å². The number of carbonyl (C=O) groups is 1. The van der Waals surface area contributed by atoms with Crippen molar-refractivity contribution < 1.29 is 19.7 Å². The average molecular weight is 216 g/mol. The van der Waals surface area contributed by atoms with Gasteiger partial charge in [-0.2, -0.15) is 0 Å². The van der Waals surface area contributed by atoms with Gasteiger partial charge in [-0.05, 0) is 32.6 Å². The first-order valence-corrected chi connectivity index (χ1v) is 5.61.